The third-order valence-corrected chi connectivity index (χ3v) is 3.56. The molecule has 2 N–H and O–H groups in total. The first-order valence-electron chi connectivity index (χ1n) is 5.95. The van der Waals surface area contributed by atoms with Crippen LogP contribution in [0.3, 0.4) is 0 Å². The normalized spacial score (nSPS) is 12.7. The quantitative estimate of drug-likeness (QED) is 0.912. The van der Waals surface area contributed by atoms with Crippen molar-refractivity contribution in [1.29, 1.82) is 0 Å². The Hall–Kier alpha value is -0.910. The molecule has 0 spiro atoms. The summed E-state index contributed by atoms with van der Waals surface area (Å²) in [5, 5.41) is 4.70. The van der Waals surface area contributed by atoms with Crippen LogP contribution in [-0.4, -0.2) is 9.78 Å². The van der Waals surface area contributed by atoms with Crippen LogP contribution >= 0.6 is 27.5 Å². The molecule has 0 aliphatic carbocycles. The number of nitrogens with two attached hydrogens (primary N) is 1. The highest BCUT2D eigenvalue weighted by molar-refractivity contribution is 9.10. The summed E-state index contributed by atoms with van der Waals surface area (Å²) < 4.78 is 15.9. The number of rotatable bonds is 4. The molecule has 102 valence electrons. The first-order chi connectivity index (χ1) is 9.02. The fraction of sp³-hybridized carbons (Fsp3) is 0.308. The maximum absolute atomic E-state index is 13.4. The molecule has 3 nitrogen and oxygen atoms in total. The molecule has 6 heteroatoms. The summed E-state index contributed by atoms with van der Waals surface area (Å²) in [6.07, 6.45) is 2.49. The fourth-order valence-corrected chi connectivity index (χ4v) is 2.73. The molecule has 0 fully saturated rings. The van der Waals surface area contributed by atoms with E-state index in [9.17, 15) is 4.39 Å². The van der Waals surface area contributed by atoms with Gasteiger partial charge < -0.3 is 5.73 Å². The van der Waals surface area contributed by atoms with Crippen LogP contribution in [0.1, 0.15) is 30.6 Å². The fourth-order valence-electron chi connectivity index (χ4n) is 1.98. The minimum atomic E-state index is -0.506. The molecule has 1 atom stereocenters. The van der Waals surface area contributed by atoms with Crippen LogP contribution in [0.4, 0.5) is 4.39 Å². The molecule has 2 rings (SSSR count). The van der Waals surface area contributed by atoms with E-state index >= 15 is 0 Å². The van der Waals surface area contributed by atoms with Crippen molar-refractivity contribution in [1.82, 2.24) is 9.78 Å². The van der Waals surface area contributed by atoms with Crippen molar-refractivity contribution < 1.29 is 4.39 Å². The molecule has 19 heavy (non-hydrogen) atoms. The van der Waals surface area contributed by atoms with Crippen LogP contribution < -0.4 is 5.73 Å². The molecule has 0 aliphatic rings. The molecule has 0 saturated heterocycles. The van der Waals surface area contributed by atoms with E-state index in [1.54, 1.807) is 16.9 Å². The van der Waals surface area contributed by atoms with Crippen molar-refractivity contribution >= 4 is 27.5 Å². The van der Waals surface area contributed by atoms with E-state index in [1.807, 2.05) is 6.92 Å². The van der Waals surface area contributed by atoms with E-state index in [0.717, 1.165) is 13.0 Å². The number of hydrogen-bond acceptors (Lipinski definition) is 2. The van der Waals surface area contributed by atoms with Crippen LogP contribution in [0, 0.1) is 5.82 Å². The zero-order valence-corrected chi connectivity index (χ0v) is 12.7. The van der Waals surface area contributed by atoms with Gasteiger partial charge in [-0.25, -0.2) is 4.39 Å². The lowest BCUT2D eigenvalue weighted by Crippen LogP contribution is -2.18. The average molecular weight is 347 g/mol. The van der Waals surface area contributed by atoms with Gasteiger partial charge in [0.05, 0.1) is 23.0 Å². The summed E-state index contributed by atoms with van der Waals surface area (Å²) in [5.74, 6) is -0.336. The lowest BCUT2D eigenvalue weighted by atomic mass is 10.0. The van der Waals surface area contributed by atoms with E-state index in [2.05, 4.69) is 21.0 Å². The summed E-state index contributed by atoms with van der Waals surface area (Å²) >= 11 is 9.40. The van der Waals surface area contributed by atoms with Gasteiger partial charge in [-0.05, 0) is 30.2 Å². The Labute approximate surface area is 124 Å². The number of aryl methyl sites for hydroxylation is 1. The number of nitrogens with zero attached hydrogens (tertiary/aromatic N) is 2. The molecular weight excluding hydrogens is 333 g/mol. The second-order valence-corrected chi connectivity index (χ2v) is 5.60. The molecule has 0 aliphatic heterocycles. The highest BCUT2D eigenvalue weighted by Gasteiger charge is 2.19. The van der Waals surface area contributed by atoms with Crippen LogP contribution in [0.5, 0.6) is 0 Å². The summed E-state index contributed by atoms with van der Waals surface area (Å²) in [7, 11) is 0. The van der Waals surface area contributed by atoms with Crippen LogP contribution in [-0.2, 0) is 6.54 Å². The van der Waals surface area contributed by atoms with Crippen LogP contribution in [0.15, 0.2) is 28.9 Å². The molecule has 0 amide bonds. The Balaban J connectivity index is 2.43. The molecule has 1 unspecified atom stereocenters. The largest absolute Gasteiger partial charge is 0.319 e. The van der Waals surface area contributed by atoms with Gasteiger partial charge in [0.15, 0.2) is 0 Å². The van der Waals surface area contributed by atoms with Gasteiger partial charge in [-0.3, -0.25) is 4.68 Å². The smallest absolute Gasteiger partial charge is 0.124 e. The Kier molecular flexibility index (Phi) is 4.60. The van der Waals surface area contributed by atoms with Gasteiger partial charge in [0, 0.05) is 11.0 Å². The standard InChI is InChI=1S/C13H14BrClFN3/c1-2-3-19-13(11(15)7-18-19)12(17)8-4-9(14)6-10(16)5-8/h4-7,12H,2-3,17H2,1H3. The van der Waals surface area contributed by atoms with Gasteiger partial charge in [0.2, 0.25) is 0 Å². The summed E-state index contributed by atoms with van der Waals surface area (Å²) in [5.41, 5.74) is 7.57. The maximum Gasteiger partial charge on any atom is 0.124 e. The second kappa shape index (κ2) is 6.03. The maximum atomic E-state index is 13.4. The molecule has 0 radical (unpaired) electrons. The lowest BCUT2D eigenvalue weighted by molar-refractivity contribution is 0.558. The van der Waals surface area contributed by atoms with Crippen LogP contribution in [0.25, 0.3) is 0 Å². The molecule has 2 aromatic rings. The van der Waals surface area contributed by atoms with E-state index < -0.39 is 6.04 Å². The van der Waals surface area contributed by atoms with E-state index in [-0.39, 0.29) is 5.82 Å². The van der Waals surface area contributed by atoms with Crippen molar-refractivity contribution in [2.24, 2.45) is 5.73 Å². The summed E-state index contributed by atoms with van der Waals surface area (Å²) in [6, 6.07) is 4.08. The third kappa shape index (κ3) is 3.16. The van der Waals surface area contributed by atoms with Crippen molar-refractivity contribution in [3.8, 4) is 0 Å². The molecular formula is C13H14BrClFN3. The zero-order valence-electron chi connectivity index (χ0n) is 10.4. The van der Waals surface area contributed by atoms with Crippen molar-refractivity contribution in [2.75, 3.05) is 0 Å². The number of benzene rings is 1. The van der Waals surface area contributed by atoms with Crippen molar-refractivity contribution in [2.45, 2.75) is 25.9 Å². The van der Waals surface area contributed by atoms with Gasteiger partial charge in [-0.15, -0.1) is 0 Å². The Bertz CT molecular complexity index is 565. The Morgan fingerprint density at radius 3 is 2.84 bits per heavy atom. The minimum Gasteiger partial charge on any atom is -0.319 e. The minimum absolute atomic E-state index is 0.336. The Morgan fingerprint density at radius 1 is 1.47 bits per heavy atom. The molecule has 0 saturated carbocycles. The molecule has 1 heterocycles. The predicted molar refractivity (Wildman–Crippen MR) is 77.7 cm³/mol. The van der Waals surface area contributed by atoms with Gasteiger partial charge in [-0.2, -0.15) is 5.10 Å². The van der Waals surface area contributed by atoms with Crippen molar-refractivity contribution in [3.63, 3.8) is 0 Å². The zero-order chi connectivity index (χ0) is 14.0. The summed E-state index contributed by atoms with van der Waals surface area (Å²) in [6.45, 7) is 2.77. The highest BCUT2D eigenvalue weighted by atomic mass is 79.9. The van der Waals surface area contributed by atoms with Gasteiger partial charge in [0.25, 0.3) is 0 Å². The Morgan fingerprint density at radius 2 is 2.21 bits per heavy atom. The van der Waals surface area contributed by atoms with E-state index in [1.165, 1.54) is 12.1 Å². The SMILES string of the molecule is CCCn1ncc(Cl)c1C(N)c1cc(F)cc(Br)c1. The number of hydrogen-bond donors (Lipinski definition) is 1. The van der Waals surface area contributed by atoms with Gasteiger partial charge >= 0.3 is 0 Å². The number of halogens is 3. The molecule has 1 aromatic heterocycles. The van der Waals surface area contributed by atoms with E-state index in [4.69, 9.17) is 17.3 Å². The monoisotopic (exact) mass is 345 g/mol. The predicted octanol–water partition coefficient (Wildman–Crippen LogP) is 3.90. The van der Waals surface area contributed by atoms with Gasteiger partial charge in [0.1, 0.15) is 5.82 Å². The summed E-state index contributed by atoms with van der Waals surface area (Å²) in [4.78, 5) is 0. The number of aromatic nitrogens is 2. The van der Waals surface area contributed by atoms with E-state index in [0.29, 0.717) is 20.8 Å². The second-order valence-electron chi connectivity index (χ2n) is 4.28. The lowest BCUT2D eigenvalue weighted by Gasteiger charge is -2.15. The molecule has 1 aromatic carbocycles. The first-order valence-corrected chi connectivity index (χ1v) is 7.12. The molecule has 0 bridgehead atoms. The first kappa shape index (κ1) is 14.5. The third-order valence-electron chi connectivity index (χ3n) is 2.81. The topological polar surface area (TPSA) is 43.8 Å². The van der Waals surface area contributed by atoms with Crippen molar-refractivity contribution in [3.05, 3.63) is 51.0 Å². The van der Waals surface area contributed by atoms with Crippen LogP contribution in [0.2, 0.25) is 5.02 Å². The average Bonchev–Trinajstić information content (AvgIpc) is 2.69. The highest BCUT2D eigenvalue weighted by Crippen LogP contribution is 2.28. The van der Waals surface area contributed by atoms with Gasteiger partial charge in [-0.1, -0.05) is 34.5 Å².